The summed E-state index contributed by atoms with van der Waals surface area (Å²) in [6.45, 7) is 4.26. The molecule has 1 aromatic carbocycles. The molecule has 1 fully saturated rings. The fourth-order valence-corrected chi connectivity index (χ4v) is 3.41. The van der Waals surface area contributed by atoms with E-state index in [1.165, 1.54) is 28.9 Å². The van der Waals surface area contributed by atoms with E-state index in [9.17, 15) is 5.26 Å². The standard InChI is InChI=1S/C15H20N2S/c1-11-4-7-14(8-12(11)2)18-10-15(9-16,17-3)13-5-6-13/h4,7-8,13,17H,5-6,10H2,1-3H3. The van der Waals surface area contributed by atoms with E-state index in [0.717, 1.165) is 5.75 Å². The zero-order chi connectivity index (χ0) is 13.2. The van der Waals surface area contributed by atoms with Gasteiger partial charge >= 0.3 is 0 Å². The number of nitrogens with zero attached hydrogens (tertiary/aromatic N) is 1. The summed E-state index contributed by atoms with van der Waals surface area (Å²) >= 11 is 1.78. The Balaban J connectivity index is 2.05. The number of nitriles is 1. The SMILES string of the molecule is CNC(C#N)(CSc1ccc(C)c(C)c1)C1CC1. The van der Waals surface area contributed by atoms with Crippen molar-refractivity contribution < 1.29 is 0 Å². The third-order valence-corrected chi connectivity index (χ3v) is 5.05. The van der Waals surface area contributed by atoms with E-state index in [1.807, 2.05) is 7.05 Å². The monoisotopic (exact) mass is 260 g/mol. The van der Waals surface area contributed by atoms with Crippen LogP contribution in [0.3, 0.4) is 0 Å². The molecule has 18 heavy (non-hydrogen) atoms. The molecule has 2 nitrogen and oxygen atoms in total. The van der Waals surface area contributed by atoms with Crippen molar-refractivity contribution in [3.8, 4) is 6.07 Å². The molecule has 1 saturated carbocycles. The molecule has 0 radical (unpaired) electrons. The maximum Gasteiger partial charge on any atom is 0.118 e. The number of benzene rings is 1. The van der Waals surface area contributed by atoms with E-state index >= 15 is 0 Å². The van der Waals surface area contributed by atoms with E-state index in [4.69, 9.17) is 0 Å². The molecule has 1 unspecified atom stereocenters. The van der Waals surface area contributed by atoms with Gasteiger partial charge in [0.1, 0.15) is 5.54 Å². The molecule has 0 saturated heterocycles. The third-order valence-electron chi connectivity index (χ3n) is 3.86. The Morgan fingerprint density at radius 1 is 1.39 bits per heavy atom. The Morgan fingerprint density at radius 2 is 2.11 bits per heavy atom. The Hall–Kier alpha value is -0.980. The predicted octanol–water partition coefficient (Wildman–Crippen LogP) is 3.29. The number of nitrogens with one attached hydrogen (secondary N) is 1. The van der Waals surface area contributed by atoms with Crippen molar-refractivity contribution in [2.24, 2.45) is 5.92 Å². The lowest BCUT2D eigenvalue weighted by atomic mass is 9.98. The molecule has 0 aromatic heterocycles. The summed E-state index contributed by atoms with van der Waals surface area (Å²) in [4.78, 5) is 1.26. The quantitative estimate of drug-likeness (QED) is 0.825. The van der Waals surface area contributed by atoms with Crippen LogP contribution in [0.15, 0.2) is 23.1 Å². The average Bonchev–Trinajstić information content (AvgIpc) is 3.20. The van der Waals surface area contributed by atoms with Gasteiger partial charge in [-0.2, -0.15) is 5.26 Å². The smallest absolute Gasteiger partial charge is 0.118 e. The molecule has 0 bridgehead atoms. The molecule has 2 rings (SSSR count). The molecule has 1 aliphatic carbocycles. The van der Waals surface area contributed by atoms with Crippen LogP contribution in [0.4, 0.5) is 0 Å². The molecule has 0 spiro atoms. The highest BCUT2D eigenvalue weighted by Crippen LogP contribution is 2.42. The van der Waals surface area contributed by atoms with Crippen molar-refractivity contribution in [3.05, 3.63) is 29.3 Å². The van der Waals surface area contributed by atoms with Crippen LogP contribution in [0, 0.1) is 31.1 Å². The fourth-order valence-electron chi connectivity index (χ4n) is 2.15. The molecule has 1 N–H and O–H groups in total. The van der Waals surface area contributed by atoms with Crippen molar-refractivity contribution >= 4 is 11.8 Å². The largest absolute Gasteiger partial charge is 0.302 e. The lowest BCUT2D eigenvalue weighted by Gasteiger charge is -2.25. The summed E-state index contributed by atoms with van der Waals surface area (Å²) in [7, 11) is 1.91. The van der Waals surface area contributed by atoms with E-state index in [1.54, 1.807) is 11.8 Å². The minimum Gasteiger partial charge on any atom is -0.302 e. The van der Waals surface area contributed by atoms with Crippen LogP contribution in [0.25, 0.3) is 0 Å². The molecule has 96 valence electrons. The summed E-state index contributed by atoms with van der Waals surface area (Å²) in [5, 5.41) is 12.7. The number of hydrogen-bond acceptors (Lipinski definition) is 3. The van der Waals surface area contributed by atoms with Crippen LogP contribution in [0.1, 0.15) is 24.0 Å². The molecular weight excluding hydrogens is 240 g/mol. The lowest BCUT2D eigenvalue weighted by Crippen LogP contribution is -2.46. The second-order valence-corrected chi connectivity index (χ2v) is 6.19. The van der Waals surface area contributed by atoms with Gasteiger partial charge in [0.05, 0.1) is 6.07 Å². The zero-order valence-corrected chi connectivity index (χ0v) is 12.1. The van der Waals surface area contributed by atoms with Crippen molar-refractivity contribution in [1.82, 2.24) is 5.32 Å². The van der Waals surface area contributed by atoms with Gasteiger partial charge in [-0.15, -0.1) is 11.8 Å². The predicted molar refractivity (Wildman–Crippen MR) is 76.8 cm³/mol. The third kappa shape index (κ3) is 2.71. The highest BCUT2D eigenvalue weighted by atomic mass is 32.2. The minimum absolute atomic E-state index is 0.344. The highest BCUT2D eigenvalue weighted by molar-refractivity contribution is 7.99. The van der Waals surface area contributed by atoms with Gasteiger partial charge in [-0.3, -0.25) is 0 Å². The summed E-state index contributed by atoms with van der Waals surface area (Å²) in [6.07, 6.45) is 2.36. The number of hydrogen-bond donors (Lipinski definition) is 1. The van der Waals surface area contributed by atoms with Gasteiger partial charge in [0.25, 0.3) is 0 Å². The number of aryl methyl sites for hydroxylation is 2. The molecular formula is C15H20N2S. The van der Waals surface area contributed by atoms with Crippen molar-refractivity contribution in [2.45, 2.75) is 37.1 Å². The maximum atomic E-state index is 9.44. The van der Waals surface area contributed by atoms with E-state index in [2.05, 4.69) is 43.4 Å². The van der Waals surface area contributed by atoms with Crippen LogP contribution in [-0.2, 0) is 0 Å². The van der Waals surface area contributed by atoms with Crippen molar-refractivity contribution in [3.63, 3.8) is 0 Å². The van der Waals surface area contributed by atoms with Crippen molar-refractivity contribution in [2.75, 3.05) is 12.8 Å². The summed E-state index contributed by atoms with van der Waals surface area (Å²) < 4.78 is 0. The van der Waals surface area contributed by atoms with Crippen LogP contribution in [-0.4, -0.2) is 18.3 Å². The fraction of sp³-hybridized carbons (Fsp3) is 0.533. The average molecular weight is 260 g/mol. The lowest BCUT2D eigenvalue weighted by molar-refractivity contribution is 0.441. The Morgan fingerprint density at radius 3 is 2.61 bits per heavy atom. The normalized spacial score (nSPS) is 18.1. The van der Waals surface area contributed by atoms with Gasteiger partial charge in [-0.25, -0.2) is 0 Å². The molecule has 1 atom stereocenters. The first-order valence-corrected chi connectivity index (χ1v) is 7.40. The molecule has 1 aliphatic rings. The first-order valence-electron chi connectivity index (χ1n) is 6.41. The second kappa shape index (κ2) is 5.34. The maximum absolute atomic E-state index is 9.44. The first-order chi connectivity index (χ1) is 8.61. The van der Waals surface area contributed by atoms with Crippen molar-refractivity contribution in [1.29, 1.82) is 5.26 Å². The summed E-state index contributed by atoms with van der Waals surface area (Å²) in [5.41, 5.74) is 2.30. The van der Waals surface area contributed by atoms with Crippen LogP contribution >= 0.6 is 11.8 Å². The van der Waals surface area contributed by atoms with Gasteiger partial charge in [0.2, 0.25) is 0 Å². The highest BCUT2D eigenvalue weighted by Gasteiger charge is 2.44. The van der Waals surface area contributed by atoms with Gasteiger partial charge < -0.3 is 5.32 Å². The van der Waals surface area contributed by atoms with Gasteiger partial charge in [0, 0.05) is 10.6 Å². The minimum atomic E-state index is -0.344. The molecule has 0 aliphatic heterocycles. The Bertz CT molecular complexity index is 474. The molecule has 0 amide bonds. The second-order valence-electron chi connectivity index (χ2n) is 5.14. The number of rotatable bonds is 5. The zero-order valence-electron chi connectivity index (χ0n) is 11.3. The van der Waals surface area contributed by atoms with Crippen LogP contribution < -0.4 is 5.32 Å². The molecule has 3 heteroatoms. The summed E-state index contributed by atoms with van der Waals surface area (Å²) in [6, 6.07) is 9.01. The summed E-state index contributed by atoms with van der Waals surface area (Å²) in [5.74, 6) is 1.36. The number of thioether (sulfide) groups is 1. The van der Waals surface area contributed by atoms with Crippen LogP contribution in [0.5, 0.6) is 0 Å². The van der Waals surface area contributed by atoms with E-state index < -0.39 is 0 Å². The molecule has 1 aromatic rings. The first kappa shape index (κ1) is 13.5. The van der Waals surface area contributed by atoms with E-state index in [0.29, 0.717) is 5.92 Å². The van der Waals surface area contributed by atoms with Crippen LogP contribution in [0.2, 0.25) is 0 Å². The van der Waals surface area contributed by atoms with E-state index in [-0.39, 0.29) is 5.54 Å². The van der Waals surface area contributed by atoms with Gasteiger partial charge in [0.15, 0.2) is 0 Å². The molecule has 0 heterocycles. The Labute approximate surface area is 114 Å². The Kier molecular flexibility index (Phi) is 3.99. The topological polar surface area (TPSA) is 35.8 Å². The van der Waals surface area contributed by atoms with Gasteiger partial charge in [-0.05, 0) is 62.9 Å². The van der Waals surface area contributed by atoms with Gasteiger partial charge in [-0.1, -0.05) is 6.07 Å².